The number of nitrogen functional groups attached to an aromatic ring is 1. The monoisotopic (exact) mass is 462 g/mol. The third-order valence-corrected chi connectivity index (χ3v) is 4.21. The number of cyclic esters (lactones) is 2. The molecule has 0 spiro atoms. The number of benzene rings is 2. The highest BCUT2D eigenvalue weighted by atomic mass is 35.5. The molecule has 0 radical (unpaired) electrons. The first-order chi connectivity index (χ1) is 14.8. The number of carbonyl (C=O) groups excluding carboxylic acids is 5. The number of anilines is 2. The van der Waals surface area contributed by atoms with Crippen molar-refractivity contribution in [3.05, 3.63) is 59.7 Å². The van der Waals surface area contributed by atoms with Crippen LogP contribution in [0.5, 0.6) is 0 Å². The Labute approximate surface area is 188 Å². The summed E-state index contributed by atoms with van der Waals surface area (Å²) >= 11 is 0. The maximum absolute atomic E-state index is 11.5. The van der Waals surface area contributed by atoms with Crippen LogP contribution in [0.2, 0.25) is 0 Å². The summed E-state index contributed by atoms with van der Waals surface area (Å²) in [5.74, 6) is -1.28. The predicted octanol–water partition coefficient (Wildman–Crippen LogP) is 1.95. The SMILES string of the molecule is CC(=O)Nc1ccccc1C1OC(=O)NC1=O.Cl.Nc1ccccc1C1OC(=O)NC1=O. The van der Waals surface area contributed by atoms with E-state index < -0.39 is 36.2 Å². The zero-order valence-electron chi connectivity index (χ0n) is 16.6. The van der Waals surface area contributed by atoms with E-state index in [0.717, 1.165) is 0 Å². The predicted molar refractivity (Wildman–Crippen MR) is 114 cm³/mol. The molecule has 2 fully saturated rings. The molecule has 2 unspecified atom stereocenters. The molecule has 0 aliphatic carbocycles. The van der Waals surface area contributed by atoms with Crippen LogP contribution in [0.1, 0.15) is 30.3 Å². The van der Waals surface area contributed by atoms with E-state index in [1.54, 1.807) is 48.5 Å². The van der Waals surface area contributed by atoms with Crippen molar-refractivity contribution < 1.29 is 33.4 Å². The first-order valence-electron chi connectivity index (χ1n) is 9.00. The second kappa shape index (κ2) is 10.3. The van der Waals surface area contributed by atoms with Crippen LogP contribution in [0.25, 0.3) is 0 Å². The molecule has 2 aliphatic rings. The first kappa shape index (κ1) is 24.2. The van der Waals surface area contributed by atoms with Crippen LogP contribution in [0.3, 0.4) is 0 Å². The number of nitrogens with two attached hydrogens (primary N) is 1. The summed E-state index contributed by atoms with van der Waals surface area (Å²) in [7, 11) is 0. The topological polar surface area (TPSA) is 166 Å². The Hall–Kier alpha value is -4.12. The summed E-state index contributed by atoms with van der Waals surface area (Å²) in [5, 5.41) is 6.65. The number of para-hydroxylation sites is 2. The van der Waals surface area contributed by atoms with Gasteiger partial charge in [0.1, 0.15) is 0 Å². The van der Waals surface area contributed by atoms with Gasteiger partial charge in [-0.1, -0.05) is 36.4 Å². The van der Waals surface area contributed by atoms with Gasteiger partial charge in [0.05, 0.1) is 0 Å². The van der Waals surface area contributed by atoms with Crippen molar-refractivity contribution in [1.29, 1.82) is 0 Å². The van der Waals surface area contributed by atoms with Crippen LogP contribution in [0.4, 0.5) is 21.0 Å². The lowest BCUT2D eigenvalue weighted by Crippen LogP contribution is -2.21. The highest BCUT2D eigenvalue weighted by molar-refractivity contribution is 6.02. The molecule has 0 bridgehead atoms. The van der Waals surface area contributed by atoms with Crippen LogP contribution in [-0.2, 0) is 23.9 Å². The minimum Gasteiger partial charge on any atom is -0.431 e. The Kier molecular flexibility index (Phi) is 7.75. The average Bonchev–Trinajstić information content (AvgIpc) is 3.22. The lowest BCUT2D eigenvalue weighted by molar-refractivity contribution is -0.124. The van der Waals surface area contributed by atoms with Crippen molar-refractivity contribution >= 4 is 53.7 Å². The van der Waals surface area contributed by atoms with Crippen molar-refractivity contribution in [2.45, 2.75) is 19.1 Å². The van der Waals surface area contributed by atoms with Crippen molar-refractivity contribution in [3.8, 4) is 0 Å². The summed E-state index contributed by atoms with van der Waals surface area (Å²) in [5.41, 5.74) is 7.48. The number of hydrogen-bond donors (Lipinski definition) is 4. The number of hydrogen-bond acceptors (Lipinski definition) is 8. The lowest BCUT2D eigenvalue weighted by atomic mass is 10.1. The maximum Gasteiger partial charge on any atom is 0.415 e. The Morgan fingerprint density at radius 1 is 0.844 bits per heavy atom. The minimum absolute atomic E-state index is 0. The molecule has 5 amide bonds. The van der Waals surface area contributed by atoms with Crippen LogP contribution in [0, 0.1) is 0 Å². The highest BCUT2D eigenvalue weighted by Crippen LogP contribution is 2.28. The zero-order chi connectivity index (χ0) is 22.5. The fourth-order valence-corrected chi connectivity index (χ4v) is 2.90. The second-order valence-corrected chi connectivity index (χ2v) is 6.45. The van der Waals surface area contributed by atoms with Gasteiger partial charge < -0.3 is 20.5 Å². The molecule has 5 N–H and O–H groups in total. The van der Waals surface area contributed by atoms with Gasteiger partial charge in [0.15, 0.2) is 0 Å². The molecule has 168 valence electrons. The van der Waals surface area contributed by atoms with Gasteiger partial charge in [-0.3, -0.25) is 25.0 Å². The quantitative estimate of drug-likeness (QED) is 0.502. The summed E-state index contributed by atoms with van der Waals surface area (Å²) in [6, 6.07) is 13.4. The molecule has 32 heavy (non-hydrogen) atoms. The van der Waals surface area contributed by atoms with Gasteiger partial charge in [-0.2, -0.15) is 0 Å². The van der Waals surface area contributed by atoms with Gasteiger partial charge in [0.2, 0.25) is 18.1 Å². The van der Waals surface area contributed by atoms with Crippen molar-refractivity contribution in [2.24, 2.45) is 0 Å². The van der Waals surface area contributed by atoms with E-state index in [-0.39, 0.29) is 18.3 Å². The standard InChI is InChI=1S/C11H10N2O4.C9H8N2O3.ClH/c1-6(14)12-8-5-3-2-4-7(8)9-10(15)13-11(16)17-9;10-6-4-2-1-3-5(6)7-8(12)11-9(13)14-7;/h2-5,9H,1H3,(H,12,14)(H,13,15,16);1-4,7H,10H2,(H,11,12,13);1H. The van der Waals surface area contributed by atoms with E-state index in [4.69, 9.17) is 15.2 Å². The molecular weight excluding hydrogens is 444 g/mol. The number of imide groups is 2. The van der Waals surface area contributed by atoms with Gasteiger partial charge in [-0.25, -0.2) is 9.59 Å². The molecule has 2 aromatic carbocycles. The molecule has 2 atom stereocenters. The number of halogens is 1. The van der Waals surface area contributed by atoms with Gasteiger partial charge in [0, 0.05) is 29.4 Å². The number of alkyl carbamates (subject to hydrolysis) is 2. The molecule has 2 aliphatic heterocycles. The molecule has 2 heterocycles. The van der Waals surface area contributed by atoms with Crippen LogP contribution < -0.4 is 21.7 Å². The van der Waals surface area contributed by atoms with Crippen LogP contribution in [0.15, 0.2) is 48.5 Å². The van der Waals surface area contributed by atoms with E-state index in [1.807, 2.05) is 10.6 Å². The minimum atomic E-state index is -1.01. The van der Waals surface area contributed by atoms with Crippen molar-refractivity contribution in [3.63, 3.8) is 0 Å². The van der Waals surface area contributed by atoms with Crippen molar-refractivity contribution in [2.75, 3.05) is 11.1 Å². The Balaban J connectivity index is 0.000000224. The fourth-order valence-electron chi connectivity index (χ4n) is 2.90. The van der Waals surface area contributed by atoms with Gasteiger partial charge in [-0.05, 0) is 12.1 Å². The molecule has 11 nitrogen and oxygen atoms in total. The second-order valence-electron chi connectivity index (χ2n) is 6.45. The molecular formula is C20H19ClN4O7. The molecule has 12 heteroatoms. The molecule has 2 aromatic rings. The molecule has 0 saturated carbocycles. The lowest BCUT2D eigenvalue weighted by Gasteiger charge is -2.12. The maximum atomic E-state index is 11.5. The smallest absolute Gasteiger partial charge is 0.415 e. The van der Waals surface area contributed by atoms with Crippen molar-refractivity contribution in [1.82, 2.24) is 10.6 Å². The van der Waals surface area contributed by atoms with E-state index >= 15 is 0 Å². The van der Waals surface area contributed by atoms with Gasteiger partial charge in [-0.15, -0.1) is 12.4 Å². The van der Waals surface area contributed by atoms with Crippen LogP contribution in [-0.4, -0.2) is 29.9 Å². The summed E-state index contributed by atoms with van der Waals surface area (Å²) in [6.07, 6.45) is -3.44. The fraction of sp³-hybridized carbons (Fsp3) is 0.150. The third-order valence-electron chi connectivity index (χ3n) is 4.21. The molecule has 0 aromatic heterocycles. The van der Waals surface area contributed by atoms with E-state index in [9.17, 15) is 24.0 Å². The van der Waals surface area contributed by atoms with Crippen LogP contribution >= 0.6 is 12.4 Å². The first-order valence-corrected chi connectivity index (χ1v) is 9.00. The average molecular weight is 463 g/mol. The van der Waals surface area contributed by atoms with Gasteiger partial charge >= 0.3 is 12.2 Å². The highest BCUT2D eigenvalue weighted by Gasteiger charge is 2.35. The zero-order valence-corrected chi connectivity index (χ0v) is 17.4. The third kappa shape index (κ3) is 5.52. The Bertz CT molecular complexity index is 1080. The number of amides is 5. The normalized spacial score (nSPS) is 18.8. The largest absolute Gasteiger partial charge is 0.431 e. The summed E-state index contributed by atoms with van der Waals surface area (Å²) < 4.78 is 9.59. The van der Waals surface area contributed by atoms with E-state index in [2.05, 4.69) is 5.32 Å². The number of nitrogens with one attached hydrogen (secondary N) is 3. The van der Waals surface area contributed by atoms with Gasteiger partial charge in [0.25, 0.3) is 11.8 Å². The summed E-state index contributed by atoms with van der Waals surface area (Å²) in [4.78, 5) is 55.4. The number of carbonyl (C=O) groups is 5. The Morgan fingerprint density at radius 2 is 1.31 bits per heavy atom. The molecule has 2 saturated heterocycles. The summed E-state index contributed by atoms with van der Waals surface area (Å²) in [6.45, 7) is 1.36. The van der Waals surface area contributed by atoms with E-state index in [0.29, 0.717) is 22.5 Å². The number of rotatable bonds is 3. The number of ether oxygens (including phenoxy) is 2. The Morgan fingerprint density at radius 3 is 1.78 bits per heavy atom. The molecule has 4 rings (SSSR count). The van der Waals surface area contributed by atoms with E-state index in [1.165, 1.54) is 6.92 Å².